The number of nitrogens with one attached hydrogen (secondary N) is 1. The van der Waals surface area contributed by atoms with Crippen molar-refractivity contribution in [1.82, 2.24) is 15.2 Å². The third kappa shape index (κ3) is 5.09. The molecule has 1 saturated heterocycles. The molecule has 2 heterocycles. The molecule has 0 bridgehead atoms. The predicted octanol–water partition coefficient (Wildman–Crippen LogP) is 4.13. The summed E-state index contributed by atoms with van der Waals surface area (Å²) in [5, 5.41) is 4.44. The lowest BCUT2D eigenvalue weighted by Gasteiger charge is -2.33. The Morgan fingerprint density at radius 1 is 1.19 bits per heavy atom. The summed E-state index contributed by atoms with van der Waals surface area (Å²) in [5.41, 5.74) is 1.89. The van der Waals surface area contributed by atoms with Gasteiger partial charge in [-0.25, -0.2) is 4.39 Å². The molecule has 1 aromatic heterocycles. The summed E-state index contributed by atoms with van der Waals surface area (Å²) in [6, 6.07) is 6.88. The van der Waals surface area contributed by atoms with E-state index in [1.165, 1.54) is 25.0 Å². The third-order valence-electron chi connectivity index (χ3n) is 5.37. The molecule has 0 unspecified atom stereocenters. The third-order valence-corrected chi connectivity index (χ3v) is 5.37. The molecule has 0 atom stereocenters. The number of fused-ring (bicyclic) bond motifs is 1. The van der Waals surface area contributed by atoms with E-state index in [9.17, 15) is 9.18 Å². The number of aromatic nitrogens is 1. The Morgan fingerprint density at radius 3 is 2.56 bits per heavy atom. The fourth-order valence-electron chi connectivity index (χ4n) is 3.57. The smallest absolute Gasteiger partial charge is 0.255 e. The van der Waals surface area contributed by atoms with E-state index in [2.05, 4.69) is 10.3 Å². The highest BCUT2D eigenvalue weighted by Gasteiger charge is 2.27. The van der Waals surface area contributed by atoms with Gasteiger partial charge in [0.15, 0.2) is 0 Å². The van der Waals surface area contributed by atoms with Gasteiger partial charge in [0.2, 0.25) is 0 Å². The first-order chi connectivity index (χ1) is 12.1. The van der Waals surface area contributed by atoms with Gasteiger partial charge >= 0.3 is 0 Å². The molecule has 1 aliphatic heterocycles. The molecule has 148 valence electrons. The average Bonchev–Trinajstić information content (AvgIpc) is 3.43. The van der Waals surface area contributed by atoms with Crippen molar-refractivity contribution in [3.05, 3.63) is 41.3 Å². The Hall–Kier alpha value is -1.43. The maximum Gasteiger partial charge on any atom is 0.255 e. The lowest BCUT2D eigenvalue weighted by molar-refractivity contribution is 0.0704. The number of hydrogen-bond acceptors (Lipinski definition) is 3. The Bertz CT molecular complexity index is 805. The second-order valence-corrected chi connectivity index (χ2v) is 7.38. The molecule has 1 amide bonds. The quantitative estimate of drug-likeness (QED) is 0.819. The molecule has 0 spiro atoms. The summed E-state index contributed by atoms with van der Waals surface area (Å²) in [6.07, 6.45) is 4.73. The van der Waals surface area contributed by atoms with E-state index < -0.39 is 0 Å². The Balaban J connectivity index is 0.00000131. The summed E-state index contributed by atoms with van der Waals surface area (Å²) in [7, 11) is 0. The minimum absolute atomic E-state index is 0. The molecule has 1 aliphatic carbocycles. The zero-order chi connectivity index (χ0) is 17.4. The van der Waals surface area contributed by atoms with Gasteiger partial charge in [-0.2, -0.15) is 0 Å². The van der Waals surface area contributed by atoms with Crippen LogP contribution in [-0.4, -0.2) is 41.5 Å². The van der Waals surface area contributed by atoms with Crippen LogP contribution in [0.25, 0.3) is 10.9 Å². The highest BCUT2D eigenvalue weighted by atomic mass is 35.5. The van der Waals surface area contributed by atoms with Crippen LogP contribution in [-0.2, 0) is 0 Å². The molecule has 2 fully saturated rings. The molecule has 4 rings (SSSR count). The van der Waals surface area contributed by atoms with Crippen LogP contribution in [0.2, 0.25) is 0 Å². The van der Waals surface area contributed by atoms with Gasteiger partial charge in [0, 0.05) is 30.6 Å². The second kappa shape index (κ2) is 9.18. The summed E-state index contributed by atoms with van der Waals surface area (Å²) in [4.78, 5) is 19.3. The summed E-state index contributed by atoms with van der Waals surface area (Å²) >= 11 is 0. The number of benzene rings is 1. The summed E-state index contributed by atoms with van der Waals surface area (Å²) in [5.74, 6) is 0.618. The maximum atomic E-state index is 13.4. The van der Waals surface area contributed by atoms with Gasteiger partial charge in [-0.3, -0.25) is 9.78 Å². The number of pyridine rings is 1. The zero-order valence-electron chi connectivity index (χ0n) is 15.4. The number of amides is 1. The summed E-state index contributed by atoms with van der Waals surface area (Å²) < 4.78 is 13.4. The van der Waals surface area contributed by atoms with Crippen LogP contribution in [0.4, 0.5) is 4.39 Å². The average molecular weight is 414 g/mol. The van der Waals surface area contributed by atoms with E-state index in [1.54, 1.807) is 6.07 Å². The number of likely N-dealkylation sites (tertiary alicyclic amines) is 1. The lowest BCUT2D eigenvalue weighted by atomic mass is 10.0. The highest BCUT2D eigenvalue weighted by Crippen LogP contribution is 2.28. The standard InChI is InChI=1S/C20H24FN3O.2ClH/c1-13-18(10-15-4-5-16(21)11-19(15)23-13)20(25)24-8-6-17(7-9-24)22-12-14-2-3-14;;/h4-5,10-11,14,17,22H,2-3,6-9,12H2,1H3;2*1H. The largest absolute Gasteiger partial charge is 0.338 e. The van der Waals surface area contributed by atoms with Crippen LogP contribution in [0.1, 0.15) is 41.7 Å². The molecule has 0 radical (unpaired) electrons. The number of piperidine rings is 1. The maximum absolute atomic E-state index is 13.4. The van der Waals surface area contributed by atoms with Gasteiger partial charge in [-0.05, 0) is 63.3 Å². The van der Waals surface area contributed by atoms with E-state index in [0.717, 1.165) is 43.8 Å². The van der Waals surface area contributed by atoms with Crippen LogP contribution in [0.5, 0.6) is 0 Å². The molecule has 27 heavy (non-hydrogen) atoms. The van der Waals surface area contributed by atoms with Crippen molar-refractivity contribution in [2.75, 3.05) is 19.6 Å². The van der Waals surface area contributed by atoms with Crippen LogP contribution in [0.15, 0.2) is 24.3 Å². The van der Waals surface area contributed by atoms with Crippen molar-refractivity contribution < 1.29 is 9.18 Å². The van der Waals surface area contributed by atoms with Gasteiger partial charge in [0.25, 0.3) is 5.91 Å². The molecular weight excluding hydrogens is 388 g/mol. The first-order valence-corrected chi connectivity index (χ1v) is 9.20. The fourth-order valence-corrected chi connectivity index (χ4v) is 3.57. The van der Waals surface area contributed by atoms with E-state index in [0.29, 0.717) is 22.8 Å². The fraction of sp³-hybridized carbons (Fsp3) is 0.500. The second-order valence-electron chi connectivity index (χ2n) is 7.38. The number of rotatable bonds is 4. The topological polar surface area (TPSA) is 45.2 Å². The van der Waals surface area contributed by atoms with E-state index in [1.807, 2.05) is 17.9 Å². The highest BCUT2D eigenvalue weighted by molar-refractivity contribution is 5.98. The van der Waals surface area contributed by atoms with Gasteiger partial charge < -0.3 is 10.2 Å². The van der Waals surface area contributed by atoms with Crippen molar-refractivity contribution in [2.24, 2.45) is 5.92 Å². The number of nitrogens with zero attached hydrogens (tertiary/aromatic N) is 2. The van der Waals surface area contributed by atoms with E-state index >= 15 is 0 Å². The minimum atomic E-state index is -0.306. The Morgan fingerprint density at radius 2 is 1.89 bits per heavy atom. The van der Waals surface area contributed by atoms with Crippen molar-refractivity contribution in [1.29, 1.82) is 0 Å². The van der Waals surface area contributed by atoms with Gasteiger partial charge in [0.1, 0.15) is 5.82 Å². The summed E-state index contributed by atoms with van der Waals surface area (Å²) in [6.45, 7) is 4.51. The predicted molar refractivity (Wildman–Crippen MR) is 111 cm³/mol. The van der Waals surface area contributed by atoms with E-state index in [4.69, 9.17) is 0 Å². The van der Waals surface area contributed by atoms with E-state index in [-0.39, 0.29) is 36.5 Å². The molecule has 7 heteroatoms. The van der Waals surface area contributed by atoms with Crippen molar-refractivity contribution in [3.8, 4) is 0 Å². The Labute approximate surface area is 171 Å². The number of halogens is 3. The van der Waals surface area contributed by atoms with Crippen molar-refractivity contribution in [3.63, 3.8) is 0 Å². The first-order valence-electron chi connectivity index (χ1n) is 9.20. The monoisotopic (exact) mass is 413 g/mol. The number of hydrogen-bond donors (Lipinski definition) is 1. The number of carbonyl (C=O) groups is 1. The number of carbonyl (C=O) groups excluding carboxylic acids is 1. The lowest BCUT2D eigenvalue weighted by Crippen LogP contribution is -2.45. The van der Waals surface area contributed by atoms with Crippen LogP contribution < -0.4 is 5.32 Å². The molecule has 1 N–H and O–H groups in total. The van der Waals surface area contributed by atoms with Gasteiger partial charge in [-0.1, -0.05) is 0 Å². The molecule has 1 saturated carbocycles. The minimum Gasteiger partial charge on any atom is -0.338 e. The van der Waals surface area contributed by atoms with Crippen molar-refractivity contribution >= 4 is 41.6 Å². The van der Waals surface area contributed by atoms with Crippen molar-refractivity contribution in [2.45, 2.75) is 38.6 Å². The molecular formula is C20H26Cl2FN3O. The molecule has 4 nitrogen and oxygen atoms in total. The molecule has 2 aromatic rings. The van der Waals surface area contributed by atoms with Gasteiger partial charge in [0.05, 0.1) is 16.8 Å². The van der Waals surface area contributed by atoms with Gasteiger partial charge in [-0.15, -0.1) is 24.8 Å². The van der Waals surface area contributed by atoms with Crippen LogP contribution in [0.3, 0.4) is 0 Å². The van der Waals surface area contributed by atoms with Crippen LogP contribution in [0, 0.1) is 18.7 Å². The zero-order valence-corrected chi connectivity index (χ0v) is 17.0. The van der Waals surface area contributed by atoms with Crippen LogP contribution >= 0.6 is 24.8 Å². The molecule has 1 aromatic carbocycles. The molecule has 2 aliphatic rings. The Kier molecular flexibility index (Phi) is 7.43. The first kappa shape index (κ1) is 21.9. The number of aryl methyl sites for hydroxylation is 1. The SMILES string of the molecule is Cc1nc2cc(F)ccc2cc1C(=O)N1CCC(NCC2CC2)CC1.Cl.Cl. The normalized spacial score (nSPS) is 17.3.